The Morgan fingerprint density at radius 2 is 1.36 bits per heavy atom. The van der Waals surface area contributed by atoms with Crippen LogP contribution < -0.4 is 0 Å². The molecule has 1 fully saturated rings. The highest BCUT2D eigenvalue weighted by atomic mass is 29.3. The van der Waals surface area contributed by atoms with Crippen LogP contribution in [0.15, 0.2) is 24.3 Å². The maximum absolute atomic E-state index is 12.3. The Bertz CT molecular complexity index is 603. The molecule has 0 spiro atoms. The van der Waals surface area contributed by atoms with Crippen molar-refractivity contribution in [1.82, 2.24) is 0 Å². The van der Waals surface area contributed by atoms with Gasteiger partial charge in [-0.05, 0) is 46.2 Å². The molecule has 0 bridgehead atoms. The summed E-state index contributed by atoms with van der Waals surface area (Å²) in [6.07, 6.45) is 0.860. The van der Waals surface area contributed by atoms with Crippen molar-refractivity contribution in [1.29, 1.82) is 0 Å². The van der Waals surface area contributed by atoms with E-state index in [0.717, 1.165) is 6.04 Å². The lowest BCUT2D eigenvalue weighted by Gasteiger charge is -2.56. The topological polar surface area (TPSA) is 61.8 Å². The molecule has 0 aromatic rings. The molecule has 0 N–H and O–H groups in total. The monoisotopic (exact) mass is 426 g/mol. The number of carbonyl (C=O) groups is 2. The number of carbonyl (C=O) groups excluding carboxylic acids is 2. The van der Waals surface area contributed by atoms with Crippen LogP contribution in [0.3, 0.4) is 0 Å². The van der Waals surface area contributed by atoms with Crippen molar-refractivity contribution in [2.75, 3.05) is 0 Å². The highest BCUT2D eigenvalue weighted by Gasteiger charge is 2.60. The molecular formula is C21H38O5Si2. The number of rotatable bonds is 8. The number of ether oxygens (including phenoxy) is 2. The number of hydrogen-bond donors (Lipinski definition) is 0. The molecule has 1 saturated heterocycles. The minimum atomic E-state index is -2.06. The third kappa shape index (κ3) is 5.04. The largest absolute Gasteiger partial charge is 0.456 e. The Morgan fingerprint density at radius 1 is 0.964 bits per heavy atom. The molecule has 28 heavy (non-hydrogen) atoms. The Balaban J connectivity index is 3.44. The van der Waals surface area contributed by atoms with E-state index in [1.54, 1.807) is 13.8 Å². The van der Waals surface area contributed by atoms with Crippen molar-refractivity contribution in [2.24, 2.45) is 0 Å². The average Bonchev–Trinajstić information content (AvgIpc) is 2.59. The molecule has 1 aliphatic heterocycles. The van der Waals surface area contributed by atoms with Gasteiger partial charge in [0.05, 0.1) is 7.59 Å². The molecule has 0 radical (unpaired) electrons. The molecule has 1 heterocycles. The Kier molecular flexibility index (Phi) is 8.07. The summed E-state index contributed by atoms with van der Waals surface area (Å²) in [5, 5.41) is 0. The first-order chi connectivity index (χ1) is 12.7. The van der Waals surface area contributed by atoms with Crippen molar-refractivity contribution < 1.29 is 23.5 Å². The van der Waals surface area contributed by atoms with Crippen molar-refractivity contribution in [2.45, 2.75) is 97.0 Å². The molecule has 7 heteroatoms. The summed E-state index contributed by atoms with van der Waals surface area (Å²) in [7, 11) is -3.60. The van der Waals surface area contributed by atoms with Gasteiger partial charge in [-0.1, -0.05) is 46.1 Å². The van der Waals surface area contributed by atoms with Gasteiger partial charge in [0.1, 0.15) is 17.8 Å². The summed E-state index contributed by atoms with van der Waals surface area (Å²) in [5.74, 6) is -0.866. The maximum Gasteiger partial charge on any atom is 0.333 e. The summed E-state index contributed by atoms with van der Waals surface area (Å²) < 4.78 is 18.6. The van der Waals surface area contributed by atoms with Gasteiger partial charge in [0.25, 0.3) is 0 Å². The highest BCUT2D eigenvalue weighted by Crippen LogP contribution is 2.46. The van der Waals surface area contributed by atoms with Crippen molar-refractivity contribution in [3.05, 3.63) is 24.3 Å². The van der Waals surface area contributed by atoms with Crippen LogP contribution in [0.2, 0.25) is 32.2 Å². The van der Waals surface area contributed by atoms with Crippen LogP contribution in [-0.4, -0.2) is 45.2 Å². The summed E-state index contributed by atoms with van der Waals surface area (Å²) in [5.41, 5.74) is -0.136. The normalized spacial score (nSPS) is 25.3. The molecule has 2 atom stereocenters. The van der Waals surface area contributed by atoms with Crippen LogP contribution >= 0.6 is 0 Å². The zero-order valence-electron chi connectivity index (χ0n) is 18.9. The van der Waals surface area contributed by atoms with Crippen molar-refractivity contribution in [3.63, 3.8) is 0 Å². The smallest absolute Gasteiger partial charge is 0.333 e. The van der Waals surface area contributed by atoms with Crippen LogP contribution in [0, 0.1) is 0 Å². The van der Waals surface area contributed by atoms with E-state index >= 15 is 0 Å². The van der Waals surface area contributed by atoms with E-state index in [2.05, 4.69) is 39.3 Å². The van der Waals surface area contributed by atoms with Gasteiger partial charge in [-0.25, -0.2) is 9.59 Å². The summed E-state index contributed by atoms with van der Waals surface area (Å²) >= 11 is 0. The molecule has 0 amide bonds. The van der Waals surface area contributed by atoms with Gasteiger partial charge < -0.3 is 13.9 Å². The second kappa shape index (κ2) is 9.09. The van der Waals surface area contributed by atoms with Gasteiger partial charge in [-0.3, -0.25) is 0 Å². The highest BCUT2D eigenvalue weighted by molar-refractivity contribution is 7.38. The second-order valence-electron chi connectivity index (χ2n) is 9.12. The van der Waals surface area contributed by atoms with Crippen LogP contribution in [0.25, 0.3) is 0 Å². The minimum Gasteiger partial charge on any atom is -0.456 e. The van der Waals surface area contributed by atoms with E-state index in [9.17, 15) is 9.59 Å². The fraction of sp³-hybridized carbons (Fsp3) is 0.714. The third-order valence-electron chi connectivity index (χ3n) is 6.24. The Morgan fingerprint density at radius 3 is 1.64 bits per heavy atom. The van der Waals surface area contributed by atoms with Gasteiger partial charge in [-0.2, -0.15) is 0 Å². The second-order valence-corrected chi connectivity index (χ2v) is 24.3. The molecule has 0 aromatic carbocycles. The molecule has 2 unspecified atom stereocenters. The molecule has 0 aliphatic carbocycles. The SMILES string of the molecule is C=C(C)C(=O)OC(CC)C1(C(CC)OC(=O)C(=C)C)CC[Si](C)(C)[Si](C)(C)O1. The minimum absolute atomic E-state index is 0.350. The summed E-state index contributed by atoms with van der Waals surface area (Å²) in [4.78, 5) is 24.7. The first-order valence-electron chi connectivity index (χ1n) is 10.2. The lowest BCUT2D eigenvalue weighted by Crippen LogP contribution is -2.71. The lowest BCUT2D eigenvalue weighted by molar-refractivity contribution is -0.189. The van der Waals surface area contributed by atoms with Crippen LogP contribution in [0.1, 0.15) is 47.0 Å². The Labute approximate surface area is 172 Å². The van der Waals surface area contributed by atoms with Gasteiger partial charge >= 0.3 is 11.9 Å². The van der Waals surface area contributed by atoms with E-state index in [0.29, 0.717) is 30.4 Å². The maximum atomic E-state index is 12.3. The predicted octanol–water partition coefficient (Wildman–Crippen LogP) is 4.93. The third-order valence-corrected chi connectivity index (χ3v) is 22.7. The number of esters is 2. The van der Waals surface area contributed by atoms with E-state index in [1.807, 2.05) is 13.8 Å². The first-order valence-corrected chi connectivity index (χ1v) is 17.3. The molecule has 0 aromatic heterocycles. The zero-order valence-corrected chi connectivity index (χ0v) is 20.9. The van der Waals surface area contributed by atoms with Crippen LogP contribution in [0.4, 0.5) is 0 Å². The van der Waals surface area contributed by atoms with Gasteiger partial charge in [-0.15, -0.1) is 0 Å². The molecule has 5 nitrogen and oxygen atoms in total. The summed E-state index contributed by atoms with van der Waals surface area (Å²) in [6.45, 7) is 23.8. The molecule has 1 rings (SSSR count). The van der Waals surface area contributed by atoms with E-state index < -0.39 is 45.2 Å². The van der Waals surface area contributed by atoms with E-state index in [1.165, 1.54) is 0 Å². The zero-order chi connectivity index (χ0) is 21.9. The lowest BCUT2D eigenvalue weighted by atomic mass is 9.84. The quantitative estimate of drug-likeness (QED) is 0.313. The number of hydrogen-bond acceptors (Lipinski definition) is 5. The van der Waals surface area contributed by atoms with Gasteiger partial charge in [0.15, 0.2) is 7.83 Å². The predicted molar refractivity (Wildman–Crippen MR) is 118 cm³/mol. The molecular weight excluding hydrogens is 388 g/mol. The standard InChI is InChI=1S/C21H38O5Si2/c1-11-17(24-19(22)15(3)4)21(18(12-2)25-20(23)16(5)6)13-14-27(7,8)28(9,10)26-21/h17-18H,3,5,11-14H2,1-2,4,6-10H3. The molecule has 1 aliphatic rings. The molecule has 160 valence electrons. The van der Waals surface area contributed by atoms with Crippen LogP contribution in [-0.2, 0) is 23.5 Å². The summed E-state index contributed by atoms with van der Waals surface area (Å²) in [6, 6.07) is 1.05. The van der Waals surface area contributed by atoms with Crippen LogP contribution in [0.5, 0.6) is 0 Å². The van der Waals surface area contributed by atoms with Crippen molar-refractivity contribution >= 4 is 27.4 Å². The van der Waals surface area contributed by atoms with Gasteiger partial charge in [0.2, 0.25) is 0 Å². The average molecular weight is 427 g/mol. The van der Waals surface area contributed by atoms with Gasteiger partial charge in [0, 0.05) is 11.1 Å². The Hall–Kier alpha value is -1.19. The van der Waals surface area contributed by atoms with E-state index in [4.69, 9.17) is 13.9 Å². The first kappa shape index (κ1) is 24.9. The molecule has 0 saturated carbocycles. The fourth-order valence-electron chi connectivity index (χ4n) is 3.65. The fourth-order valence-corrected chi connectivity index (χ4v) is 10.4. The van der Waals surface area contributed by atoms with E-state index in [-0.39, 0.29) is 0 Å². The van der Waals surface area contributed by atoms with Crippen molar-refractivity contribution in [3.8, 4) is 0 Å².